The number of hydrogen-bond donors (Lipinski definition) is 0. The average molecular weight is 392 g/mol. The van der Waals surface area contributed by atoms with E-state index in [4.69, 9.17) is 4.74 Å². The maximum Gasteiger partial charge on any atom is 0.120 e. The smallest absolute Gasteiger partial charge is 0.120 e. The molecule has 0 aliphatic heterocycles. The second kappa shape index (κ2) is 7.16. The number of benzene rings is 3. The Morgan fingerprint density at radius 2 is 1.64 bits per heavy atom. The van der Waals surface area contributed by atoms with Crippen LogP contribution in [0, 0.1) is 0 Å². The van der Waals surface area contributed by atoms with Crippen LogP contribution in [0.4, 0.5) is 0 Å². The van der Waals surface area contributed by atoms with Crippen LogP contribution in [0.25, 0.3) is 10.9 Å². The van der Waals surface area contributed by atoms with Crippen molar-refractivity contribution in [3.05, 3.63) is 101 Å². The molecule has 0 aliphatic rings. The van der Waals surface area contributed by atoms with Crippen LogP contribution in [-0.4, -0.2) is 4.57 Å². The monoisotopic (exact) mass is 391 g/mol. The molecule has 0 N–H and O–H groups in total. The summed E-state index contributed by atoms with van der Waals surface area (Å²) in [6, 6.07) is 27.1. The number of halogens is 1. The third-order valence-electron chi connectivity index (χ3n) is 4.23. The van der Waals surface area contributed by atoms with Gasteiger partial charge in [0.2, 0.25) is 0 Å². The van der Waals surface area contributed by atoms with Crippen molar-refractivity contribution in [3.8, 4) is 5.75 Å². The molecule has 3 aromatic carbocycles. The highest BCUT2D eigenvalue weighted by Gasteiger charge is 2.04. The summed E-state index contributed by atoms with van der Waals surface area (Å²) in [4.78, 5) is 0. The van der Waals surface area contributed by atoms with Gasteiger partial charge in [-0.15, -0.1) is 0 Å². The Labute approximate surface area is 155 Å². The molecule has 25 heavy (non-hydrogen) atoms. The van der Waals surface area contributed by atoms with Crippen LogP contribution >= 0.6 is 15.9 Å². The standard InChI is InChI=1S/C22H18BrNO/c23-20-8-4-7-18(13-20)16-25-21-9-10-22-19(14-21)11-12-24(22)15-17-5-2-1-3-6-17/h1-14H,15-16H2. The minimum absolute atomic E-state index is 0.565. The lowest BCUT2D eigenvalue weighted by Gasteiger charge is -2.09. The second-order valence-electron chi connectivity index (χ2n) is 6.07. The van der Waals surface area contributed by atoms with Crippen molar-refractivity contribution in [3.63, 3.8) is 0 Å². The van der Waals surface area contributed by atoms with Crippen molar-refractivity contribution in [1.29, 1.82) is 0 Å². The highest BCUT2D eigenvalue weighted by molar-refractivity contribution is 9.10. The number of rotatable bonds is 5. The van der Waals surface area contributed by atoms with E-state index in [-0.39, 0.29) is 0 Å². The molecule has 0 bridgehead atoms. The molecule has 4 rings (SSSR count). The summed E-state index contributed by atoms with van der Waals surface area (Å²) in [6.45, 7) is 1.44. The average Bonchev–Trinajstić information content (AvgIpc) is 3.03. The maximum absolute atomic E-state index is 5.95. The third kappa shape index (κ3) is 3.77. The number of fused-ring (bicyclic) bond motifs is 1. The first-order valence-electron chi connectivity index (χ1n) is 8.28. The van der Waals surface area contributed by atoms with Gasteiger partial charge in [0.25, 0.3) is 0 Å². The van der Waals surface area contributed by atoms with Crippen molar-refractivity contribution in [1.82, 2.24) is 4.57 Å². The lowest BCUT2D eigenvalue weighted by molar-refractivity contribution is 0.306. The molecular weight excluding hydrogens is 374 g/mol. The van der Waals surface area contributed by atoms with Crippen molar-refractivity contribution in [2.75, 3.05) is 0 Å². The van der Waals surface area contributed by atoms with E-state index in [9.17, 15) is 0 Å². The molecule has 0 fully saturated rings. The topological polar surface area (TPSA) is 14.2 Å². The van der Waals surface area contributed by atoms with E-state index in [0.29, 0.717) is 6.61 Å². The van der Waals surface area contributed by atoms with Gasteiger partial charge < -0.3 is 9.30 Å². The molecule has 0 saturated heterocycles. The van der Waals surface area contributed by atoms with Crippen molar-refractivity contribution in [2.24, 2.45) is 0 Å². The van der Waals surface area contributed by atoms with Gasteiger partial charge in [-0.2, -0.15) is 0 Å². The highest BCUT2D eigenvalue weighted by Crippen LogP contribution is 2.24. The minimum atomic E-state index is 0.565. The van der Waals surface area contributed by atoms with E-state index in [1.165, 1.54) is 16.5 Å². The number of hydrogen-bond acceptors (Lipinski definition) is 1. The molecule has 0 atom stereocenters. The molecule has 0 spiro atoms. The molecule has 1 heterocycles. The Morgan fingerprint density at radius 3 is 2.48 bits per heavy atom. The predicted molar refractivity (Wildman–Crippen MR) is 106 cm³/mol. The molecule has 124 valence electrons. The fourth-order valence-corrected chi connectivity index (χ4v) is 3.43. The van der Waals surface area contributed by atoms with Crippen LogP contribution in [-0.2, 0) is 13.2 Å². The molecule has 0 radical (unpaired) electrons. The first-order chi connectivity index (χ1) is 12.3. The molecule has 0 amide bonds. The van der Waals surface area contributed by atoms with Crippen LogP contribution in [0.3, 0.4) is 0 Å². The quantitative estimate of drug-likeness (QED) is 0.404. The van der Waals surface area contributed by atoms with Gasteiger partial charge >= 0.3 is 0 Å². The molecule has 0 aliphatic carbocycles. The SMILES string of the molecule is Brc1cccc(COc2ccc3c(ccn3Cc3ccccc3)c2)c1. The largest absolute Gasteiger partial charge is 0.489 e. The van der Waals surface area contributed by atoms with Gasteiger partial charge in [0.15, 0.2) is 0 Å². The van der Waals surface area contributed by atoms with E-state index in [1.807, 2.05) is 24.3 Å². The lowest BCUT2D eigenvalue weighted by Crippen LogP contribution is -1.98. The van der Waals surface area contributed by atoms with Gasteiger partial charge in [-0.05, 0) is 47.5 Å². The van der Waals surface area contributed by atoms with E-state index >= 15 is 0 Å². The first-order valence-corrected chi connectivity index (χ1v) is 9.07. The van der Waals surface area contributed by atoms with E-state index in [2.05, 4.69) is 81.3 Å². The zero-order valence-electron chi connectivity index (χ0n) is 13.7. The Hall–Kier alpha value is -2.52. The molecule has 0 unspecified atom stereocenters. The maximum atomic E-state index is 5.95. The van der Waals surface area contributed by atoms with Gasteiger partial charge in [-0.3, -0.25) is 0 Å². The lowest BCUT2D eigenvalue weighted by atomic mass is 10.2. The Kier molecular flexibility index (Phi) is 4.57. The van der Waals surface area contributed by atoms with Crippen LogP contribution in [0.1, 0.15) is 11.1 Å². The van der Waals surface area contributed by atoms with Gasteiger partial charge in [0.05, 0.1) is 0 Å². The number of nitrogens with zero attached hydrogens (tertiary/aromatic N) is 1. The number of aromatic nitrogens is 1. The summed E-state index contributed by atoms with van der Waals surface area (Å²) in [7, 11) is 0. The van der Waals surface area contributed by atoms with Crippen molar-refractivity contribution >= 4 is 26.8 Å². The van der Waals surface area contributed by atoms with Crippen molar-refractivity contribution < 1.29 is 4.74 Å². The van der Waals surface area contributed by atoms with Crippen LogP contribution in [0.5, 0.6) is 5.75 Å². The minimum Gasteiger partial charge on any atom is -0.489 e. The van der Waals surface area contributed by atoms with Gasteiger partial charge in [0.1, 0.15) is 12.4 Å². The predicted octanol–water partition coefficient (Wildman–Crippen LogP) is 6.03. The van der Waals surface area contributed by atoms with Crippen LogP contribution in [0.2, 0.25) is 0 Å². The Balaban J connectivity index is 1.51. The molecule has 4 aromatic rings. The summed E-state index contributed by atoms with van der Waals surface area (Å²) < 4.78 is 9.29. The normalized spacial score (nSPS) is 10.9. The highest BCUT2D eigenvalue weighted by atomic mass is 79.9. The van der Waals surface area contributed by atoms with E-state index in [0.717, 1.165) is 22.3 Å². The van der Waals surface area contributed by atoms with Crippen molar-refractivity contribution in [2.45, 2.75) is 13.2 Å². The Morgan fingerprint density at radius 1 is 0.800 bits per heavy atom. The fraction of sp³-hybridized carbons (Fsp3) is 0.0909. The van der Waals surface area contributed by atoms with E-state index < -0.39 is 0 Å². The van der Waals surface area contributed by atoms with Crippen LogP contribution < -0.4 is 4.74 Å². The van der Waals surface area contributed by atoms with Gasteiger partial charge in [0, 0.05) is 28.1 Å². The van der Waals surface area contributed by atoms with Crippen LogP contribution in [0.15, 0.2) is 89.5 Å². The molecule has 0 saturated carbocycles. The van der Waals surface area contributed by atoms with E-state index in [1.54, 1.807) is 0 Å². The Bertz CT molecular complexity index is 991. The molecular formula is C22H18BrNO. The van der Waals surface area contributed by atoms with Gasteiger partial charge in [-0.25, -0.2) is 0 Å². The molecule has 3 heteroatoms. The zero-order valence-corrected chi connectivity index (χ0v) is 15.3. The summed E-state index contributed by atoms with van der Waals surface area (Å²) in [5, 5.41) is 1.20. The first kappa shape index (κ1) is 16.0. The van der Waals surface area contributed by atoms with Gasteiger partial charge in [-0.1, -0.05) is 58.4 Å². The zero-order chi connectivity index (χ0) is 17.1. The number of ether oxygens (including phenoxy) is 1. The molecule has 1 aromatic heterocycles. The fourth-order valence-electron chi connectivity index (χ4n) is 2.98. The summed E-state index contributed by atoms with van der Waals surface area (Å²) >= 11 is 3.49. The summed E-state index contributed by atoms with van der Waals surface area (Å²) in [5.74, 6) is 0.893. The summed E-state index contributed by atoms with van der Waals surface area (Å²) in [5.41, 5.74) is 3.67. The third-order valence-corrected chi connectivity index (χ3v) is 4.73. The second-order valence-corrected chi connectivity index (χ2v) is 6.98. The molecule has 2 nitrogen and oxygen atoms in total. The summed E-state index contributed by atoms with van der Waals surface area (Å²) in [6.07, 6.45) is 2.13.